The molecule has 0 bridgehead atoms. The number of carboxylic acid groups (broad SMARTS) is 1. The van der Waals surface area contributed by atoms with Crippen LogP contribution in [0.25, 0.3) is 0 Å². The average Bonchev–Trinajstić information content (AvgIpc) is 2.73. The van der Waals surface area contributed by atoms with Gasteiger partial charge in [-0.3, -0.25) is 14.4 Å². The van der Waals surface area contributed by atoms with Crippen molar-refractivity contribution in [1.29, 1.82) is 0 Å². The van der Waals surface area contributed by atoms with Gasteiger partial charge in [-0.1, -0.05) is 64.4 Å². The Balaban J connectivity index is 3.23. The van der Waals surface area contributed by atoms with E-state index in [1.165, 1.54) is 18.9 Å². The molecule has 0 spiro atoms. The Morgan fingerprint density at radius 1 is 1.03 bits per heavy atom. The molecule has 0 unspecified atom stereocenters. The third-order valence-electron chi connectivity index (χ3n) is 5.55. The first-order valence-corrected chi connectivity index (χ1v) is 11.1. The minimum absolute atomic E-state index is 0.0675. The van der Waals surface area contributed by atoms with Crippen molar-refractivity contribution in [2.75, 3.05) is 7.05 Å². The first kappa shape index (κ1) is 27.1. The molecule has 0 radical (unpaired) electrons. The third-order valence-corrected chi connectivity index (χ3v) is 5.55. The highest BCUT2D eigenvalue weighted by Crippen LogP contribution is 2.16. The van der Waals surface area contributed by atoms with Crippen LogP contribution in [0.3, 0.4) is 0 Å². The summed E-state index contributed by atoms with van der Waals surface area (Å²) in [5.74, 6) is -2.44. The standard InChI is InChI=1S/C24H37N3O5/c1-7-16(4)21(25-17(5)28)23(30)27(6)20(14-18-11-9-8-10-12-18)22(29)26-19(24(31)32)13-15(2)3/h8-12,15-16,19-21H,7,13-14H2,1-6H3,(H,25,28)(H,26,29)(H,31,32)/t16-,19+,20+,21+/m1/s1. The first-order chi connectivity index (χ1) is 15.0. The van der Waals surface area contributed by atoms with Gasteiger partial charge in [0.05, 0.1) is 0 Å². The van der Waals surface area contributed by atoms with Gasteiger partial charge in [0.2, 0.25) is 17.7 Å². The van der Waals surface area contributed by atoms with Gasteiger partial charge in [-0.15, -0.1) is 0 Å². The molecule has 0 aromatic heterocycles. The lowest BCUT2D eigenvalue weighted by Gasteiger charge is -2.33. The maximum Gasteiger partial charge on any atom is 0.326 e. The molecular weight excluding hydrogens is 410 g/mol. The normalized spacial score (nSPS) is 14.7. The van der Waals surface area contributed by atoms with Crippen LogP contribution < -0.4 is 10.6 Å². The van der Waals surface area contributed by atoms with Crippen molar-refractivity contribution in [1.82, 2.24) is 15.5 Å². The molecule has 178 valence electrons. The number of carbonyl (C=O) groups is 4. The van der Waals surface area contributed by atoms with Crippen molar-refractivity contribution >= 4 is 23.7 Å². The van der Waals surface area contributed by atoms with Gasteiger partial charge >= 0.3 is 5.97 Å². The Bertz CT molecular complexity index is 781. The number of hydrogen-bond donors (Lipinski definition) is 3. The van der Waals surface area contributed by atoms with Gasteiger partial charge in [0.15, 0.2) is 0 Å². The second-order valence-corrected chi connectivity index (χ2v) is 8.75. The molecule has 1 aromatic carbocycles. The Kier molecular flexibility index (Phi) is 10.9. The van der Waals surface area contributed by atoms with Crippen LogP contribution in [-0.2, 0) is 25.6 Å². The van der Waals surface area contributed by atoms with Crippen LogP contribution in [0.4, 0.5) is 0 Å². The number of nitrogens with zero attached hydrogens (tertiary/aromatic N) is 1. The van der Waals surface area contributed by atoms with Crippen LogP contribution >= 0.6 is 0 Å². The average molecular weight is 448 g/mol. The molecule has 8 nitrogen and oxygen atoms in total. The van der Waals surface area contributed by atoms with Crippen molar-refractivity contribution in [3.8, 4) is 0 Å². The number of carboxylic acids is 1. The van der Waals surface area contributed by atoms with E-state index in [1.807, 2.05) is 58.0 Å². The van der Waals surface area contributed by atoms with Crippen molar-refractivity contribution in [2.24, 2.45) is 11.8 Å². The molecule has 1 aromatic rings. The zero-order valence-corrected chi connectivity index (χ0v) is 19.9. The molecule has 0 aliphatic carbocycles. The molecule has 0 saturated heterocycles. The van der Waals surface area contributed by atoms with E-state index in [1.54, 1.807) is 0 Å². The second kappa shape index (κ2) is 12.8. The lowest BCUT2D eigenvalue weighted by Crippen LogP contribution is -2.58. The maximum atomic E-state index is 13.3. The molecule has 1 rings (SSSR count). The number of nitrogens with one attached hydrogen (secondary N) is 2. The smallest absolute Gasteiger partial charge is 0.326 e. The number of amides is 3. The van der Waals surface area contributed by atoms with E-state index in [9.17, 15) is 24.3 Å². The first-order valence-electron chi connectivity index (χ1n) is 11.1. The topological polar surface area (TPSA) is 116 Å². The van der Waals surface area contributed by atoms with E-state index in [0.717, 1.165) is 5.56 Å². The van der Waals surface area contributed by atoms with E-state index in [0.29, 0.717) is 6.42 Å². The lowest BCUT2D eigenvalue weighted by molar-refractivity contribution is -0.146. The van der Waals surface area contributed by atoms with Crippen LogP contribution in [0.2, 0.25) is 0 Å². The molecule has 0 fully saturated rings. The molecule has 32 heavy (non-hydrogen) atoms. The summed E-state index contributed by atoms with van der Waals surface area (Å²) >= 11 is 0. The molecule has 0 saturated carbocycles. The minimum Gasteiger partial charge on any atom is -0.480 e. The lowest BCUT2D eigenvalue weighted by atomic mass is 9.96. The van der Waals surface area contributed by atoms with Crippen molar-refractivity contribution in [2.45, 2.75) is 72.0 Å². The molecule has 4 atom stereocenters. The van der Waals surface area contributed by atoms with Gasteiger partial charge in [-0.25, -0.2) is 4.79 Å². The predicted octanol–water partition coefficient (Wildman–Crippen LogP) is 2.22. The predicted molar refractivity (Wildman–Crippen MR) is 123 cm³/mol. The number of hydrogen-bond acceptors (Lipinski definition) is 4. The highest BCUT2D eigenvalue weighted by molar-refractivity contribution is 5.93. The van der Waals surface area contributed by atoms with Gasteiger partial charge in [-0.2, -0.15) is 0 Å². The molecule has 3 amide bonds. The number of likely N-dealkylation sites (N-methyl/N-ethyl adjacent to an activating group) is 1. The molecular formula is C24H37N3O5. The number of carbonyl (C=O) groups excluding carboxylic acids is 3. The van der Waals surface area contributed by atoms with Crippen LogP contribution in [0.1, 0.15) is 53.0 Å². The molecule has 3 N–H and O–H groups in total. The third kappa shape index (κ3) is 8.32. The quantitative estimate of drug-likeness (QED) is 0.454. The van der Waals surface area contributed by atoms with E-state index in [-0.39, 0.29) is 36.5 Å². The highest BCUT2D eigenvalue weighted by Gasteiger charge is 2.35. The Morgan fingerprint density at radius 3 is 2.09 bits per heavy atom. The van der Waals surface area contributed by atoms with Crippen LogP contribution in [0.5, 0.6) is 0 Å². The summed E-state index contributed by atoms with van der Waals surface area (Å²) in [7, 11) is 1.52. The summed E-state index contributed by atoms with van der Waals surface area (Å²) in [6, 6.07) is 6.47. The second-order valence-electron chi connectivity index (χ2n) is 8.75. The Labute approximate surface area is 190 Å². The minimum atomic E-state index is -1.12. The molecule has 0 heterocycles. The van der Waals surface area contributed by atoms with Crippen molar-refractivity contribution < 1.29 is 24.3 Å². The summed E-state index contributed by atoms with van der Waals surface area (Å²) in [4.78, 5) is 51.2. The number of rotatable bonds is 12. The number of benzene rings is 1. The van der Waals surface area contributed by atoms with E-state index in [2.05, 4.69) is 10.6 Å². The summed E-state index contributed by atoms with van der Waals surface area (Å²) < 4.78 is 0. The van der Waals surface area contributed by atoms with Crippen molar-refractivity contribution in [3.63, 3.8) is 0 Å². The van der Waals surface area contributed by atoms with Crippen molar-refractivity contribution in [3.05, 3.63) is 35.9 Å². The summed E-state index contributed by atoms with van der Waals surface area (Å²) in [6.45, 7) is 8.89. The van der Waals surface area contributed by atoms with Crippen LogP contribution in [0, 0.1) is 11.8 Å². The molecule has 0 aliphatic rings. The highest BCUT2D eigenvalue weighted by atomic mass is 16.4. The van der Waals surface area contributed by atoms with E-state index in [4.69, 9.17) is 0 Å². The van der Waals surface area contributed by atoms with Gasteiger partial charge in [0.25, 0.3) is 0 Å². The maximum absolute atomic E-state index is 13.3. The fourth-order valence-electron chi connectivity index (χ4n) is 3.48. The van der Waals surface area contributed by atoms with E-state index >= 15 is 0 Å². The summed E-state index contributed by atoms with van der Waals surface area (Å²) in [6.07, 6.45) is 1.16. The molecule has 8 heteroatoms. The fourth-order valence-corrected chi connectivity index (χ4v) is 3.48. The van der Waals surface area contributed by atoms with Gasteiger partial charge in [0, 0.05) is 20.4 Å². The summed E-state index contributed by atoms with van der Waals surface area (Å²) in [5.41, 5.74) is 0.836. The van der Waals surface area contributed by atoms with Crippen LogP contribution in [0.15, 0.2) is 30.3 Å². The zero-order valence-electron chi connectivity index (χ0n) is 19.9. The molecule has 0 aliphatic heterocycles. The zero-order chi connectivity index (χ0) is 24.4. The van der Waals surface area contributed by atoms with E-state index < -0.39 is 30.0 Å². The Morgan fingerprint density at radius 2 is 1.62 bits per heavy atom. The fraction of sp³-hybridized carbons (Fsp3) is 0.583. The van der Waals surface area contributed by atoms with Crippen LogP contribution in [-0.4, -0.2) is 58.9 Å². The Hall–Kier alpha value is -2.90. The summed E-state index contributed by atoms with van der Waals surface area (Å²) in [5, 5.41) is 14.8. The largest absolute Gasteiger partial charge is 0.480 e. The van der Waals surface area contributed by atoms with Gasteiger partial charge < -0.3 is 20.6 Å². The van der Waals surface area contributed by atoms with Gasteiger partial charge in [-0.05, 0) is 23.8 Å². The monoisotopic (exact) mass is 447 g/mol. The van der Waals surface area contributed by atoms with Gasteiger partial charge in [0.1, 0.15) is 18.1 Å². The SMILES string of the molecule is CC[C@@H](C)[C@H](NC(C)=O)C(=O)N(C)[C@@H](Cc1ccccc1)C(=O)N[C@@H](CC(C)C)C(=O)O. The number of aliphatic carboxylic acids is 1.